The lowest BCUT2D eigenvalue weighted by atomic mass is 9.95. The van der Waals surface area contributed by atoms with E-state index in [9.17, 15) is 4.79 Å². The van der Waals surface area contributed by atoms with E-state index in [4.69, 9.17) is 15.3 Å². The Morgan fingerprint density at radius 2 is 1.78 bits per heavy atom. The lowest BCUT2D eigenvalue weighted by Gasteiger charge is -2.11. The number of ketones is 1. The minimum absolute atomic E-state index is 0.203. The van der Waals surface area contributed by atoms with Crippen molar-refractivity contribution in [2.75, 3.05) is 5.73 Å². The Labute approximate surface area is 134 Å². The number of hydrogen-bond acceptors (Lipinski definition) is 4. The van der Waals surface area contributed by atoms with E-state index >= 15 is 0 Å². The number of benzene rings is 2. The van der Waals surface area contributed by atoms with Gasteiger partial charge in [-0.3, -0.25) is 4.79 Å². The second-order valence-electron chi connectivity index (χ2n) is 5.29. The molecule has 23 heavy (non-hydrogen) atoms. The van der Waals surface area contributed by atoms with Crippen molar-refractivity contribution in [3.05, 3.63) is 88.9 Å². The van der Waals surface area contributed by atoms with Crippen molar-refractivity contribution in [1.29, 1.82) is 0 Å². The van der Waals surface area contributed by atoms with Crippen LogP contribution in [0.25, 0.3) is 0 Å². The van der Waals surface area contributed by atoms with Crippen molar-refractivity contribution in [3.63, 3.8) is 0 Å². The highest BCUT2D eigenvalue weighted by atomic mass is 16.4. The van der Waals surface area contributed by atoms with Crippen LogP contribution in [0.3, 0.4) is 0 Å². The molecule has 0 amide bonds. The first-order valence-corrected chi connectivity index (χ1v) is 7.34. The summed E-state index contributed by atoms with van der Waals surface area (Å²) in [6.07, 6.45) is 0.572. The molecule has 0 spiro atoms. The van der Waals surface area contributed by atoms with Crippen molar-refractivity contribution in [2.45, 2.75) is 13.0 Å². The SMILES string of the molecule is Nc1cccc(C(=O)c2ccc(CO)o2)c1Cc1ccccc1. The van der Waals surface area contributed by atoms with Crippen LogP contribution in [0.1, 0.15) is 33.0 Å². The summed E-state index contributed by atoms with van der Waals surface area (Å²) >= 11 is 0. The molecule has 0 aliphatic carbocycles. The van der Waals surface area contributed by atoms with E-state index in [0.717, 1.165) is 11.1 Å². The van der Waals surface area contributed by atoms with Crippen LogP contribution < -0.4 is 5.73 Å². The van der Waals surface area contributed by atoms with Crippen molar-refractivity contribution in [1.82, 2.24) is 0 Å². The summed E-state index contributed by atoms with van der Waals surface area (Å²) < 4.78 is 5.35. The lowest BCUT2D eigenvalue weighted by molar-refractivity contribution is 0.100. The van der Waals surface area contributed by atoms with Crippen LogP contribution >= 0.6 is 0 Å². The molecule has 1 heterocycles. The summed E-state index contributed by atoms with van der Waals surface area (Å²) in [6, 6.07) is 18.3. The topological polar surface area (TPSA) is 76.5 Å². The zero-order valence-corrected chi connectivity index (χ0v) is 12.5. The molecule has 116 valence electrons. The summed E-state index contributed by atoms with van der Waals surface area (Å²) in [5, 5.41) is 9.07. The van der Waals surface area contributed by atoms with Crippen LogP contribution in [-0.2, 0) is 13.0 Å². The van der Waals surface area contributed by atoms with Gasteiger partial charge in [-0.2, -0.15) is 0 Å². The van der Waals surface area contributed by atoms with Gasteiger partial charge < -0.3 is 15.3 Å². The Morgan fingerprint density at radius 3 is 2.48 bits per heavy atom. The van der Waals surface area contributed by atoms with Gasteiger partial charge in [-0.1, -0.05) is 42.5 Å². The summed E-state index contributed by atoms with van der Waals surface area (Å²) in [5.41, 5.74) is 9.05. The molecule has 0 bridgehead atoms. The summed E-state index contributed by atoms with van der Waals surface area (Å²) in [4.78, 5) is 12.7. The maximum Gasteiger partial charge on any atom is 0.228 e. The monoisotopic (exact) mass is 307 g/mol. The number of furan rings is 1. The van der Waals surface area contributed by atoms with Gasteiger partial charge in [0.2, 0.25) is 5.78 Å². The normalized spacial score (nSPS) is 10.7. The van der Waals surface area contributed by atoms with Gasteiger partial charge in [-0.25, -0.2) is 0 Å². The first-order chi connectivity index (χ1) is 11.2. The van der Waals surface area contributed by atoms with Crippen LogP contribution in [-0.4, -0.2) is 10.9 Å². The minimum Gasteiger partial charge on any atom is -0.455 e. The maximum atomic E-state index is 12.7. The van der Waals surface area contributed by atoms with Crippen molar-refractivity contribution < 1.29 is 14.3 Å². The number of carbonyl (C=O) groups is 1. The number of nitrogens with two attached hydrogens (primary N) is 1. The number of rotatable bonds is 5. The standard InChI is InChI=1S/C19H17NO3/c20-17-8-4-7-15(16(17)11-13-5-2-1-3-6-13)19(22)18-10-9-14(12-21)23-18/h1-10,21H,11-12,20H2. The highest BCUT2D eigenvalue weighted by Crippen LogP contribution is 2.24. The van der Waals surface area contributed by atoms with E-state index in [-0.39, 0.29) is 18.2 Å². The Kier molecular flexibility index (Phi) is 4.26. The van der Waals surface area contributed by atoms with Crippen LogP contribution in [0.2, 0.25) is 0 Å². The second-order valence-corrected chi connectivity index (χ2v) is 5.29. The summed E-state index contributed by atoms with van der Waals surface area (Å²) in [5.74, 6) is 0.332. The largest absolute Gasteiger partial charge is 0.455 e. The number of carbonyl (C=O) groups excluding carboxylic acids is 1. The second kappa shape index (κ2) is 6.50. The molecule has 0 saturated heterocycles. The number of aliphatic hydroxyl groups is 1. The lowest BCUT2D eigenvalue weighted by Crippen LogP contribution is -2.08. The Morgan fingerprint density at radius 1 is 1.00 bits per heavy atom. The number of nitrogen functional groups attached to an aromatic ring is 1. The molecule has 3 N–H and O–H groups in total. The predicted molar refractivity (Wildman–Crippen MR) is 88.2 cm³/mol. The van der Waals surface area contributed by atoms with Gasteiger partial charge in [0.15, 0.2) is 5.76 Å². The molecule has 0 fully saturated rings. The molecule has 1 aromatic heterocycles. The van der Waals surface area contributed by atoms with Gasteiger partial charge in [0.1, 0.15) is 12.4 Å². The van der Waals surface area contributed by atoms with Crippen molar-refractivity contribution >= 4 is 11.5 Å². The molecular formula is C19H17NO3. The van der Waals surface area contributed by atoms with Crippen LogP contribution in [0, 0.1) is 0 Å². The molecule has 0 saturated carbocycles. The molecule has 4 nitrogen and oxygen atoms in total. The van der Waals surface area contributed by atoms with Crippen LogP contribution in [0.5, 0.6) is 0 Å². The number of aliphatic hydroxyl groups excluding tert-OH is 1. The highest BCUT2D eigenvalue weighted by molar-refractivity contribution is 6.09. The molecule has 0 aliphatic rings. The van der Waals surface area contributed by atoms with Gasteiger partial charge in [-0.05, 0) is 29.3 Å². The Balaban J connectivity index is 1.99. The maximum absolute atomic E-state index is 12.7. The van der Waals surface area contributed by atoms with E-state index < -0.39 is 0 Å². The molecule has 0 unspecified atom stereocenters. The summed E-state index contributed by atoms with van der Waals surface area (Å²) in [6.45, 7) is -0.235. The molecule has 3 rings (SSSR count). The van der Waals surface area contributed by atoms with Crippen LogP contribution in [0.4, 0.5) is 5.69 Å². The third-order valence-electron chi connectivity index (χ3n) is 3.72. The third kappa shape index (κ3) is 3.17. The zero-order valence-electron chi connectivity index (χ0n) is 12.5. The molecule has 3 aromatic rings. The van der Waals surface area contributed by atoms with Gasteiger partial charge in [0, 0.05) is 17.7 Å². The fourth-order valence-corrected chi connectivity index (χ4v) is 2.53. The Hall–Kier alpha value is -2.85. The van der Waals surface area contributed by atoms with Gasteiger partial charge >= 0.3 is 0 Å². The quantitative estimate of drug-likeness (QED) is 0.560. The van der Waals surface area contributed by atoms with E-state index in [1.54, 1.807) is 30.3 Å². The van der Waals surface area contributed by atoms with E-state index in [1.807, 2.05) is 30.3 Å². The minimum atomic E-state index is -0.235. The van der Waals surface area contributed by atoms with E-state index in [1.165, 1.54) is 0 Å². The van der Waals surface area contributed by atoms with Crippen molar-refractivity contribution in [3.8, 4) is 0 Å². The zero-order chi connectivity index (χ0) is 16.2. The third-order valence-corrected chi connectivity index (χ3v) is 3.72. The molecule has 0 radical (unpaired) electrons. The molecule has 0 aliphatic heterocycles. The molecule has 2 aromatic carbocycles. The Bertz CT molecular complexity index is 822. The molecule has 4 heteroatoms. The fraction of sp³-hybridized carbons (Fsp3) is 0.105. The average Bonchev–Trinajstić information content (AvgIpc) is 3.06. The van der Waals surface area contributed by atoms with E-state index in [2.05, 4.69) is 0 Å². The van der Waals surface area contributed by atoms with Gasteiger partial charge in [0.25, 0.3) is 0 Å². The first-order valence-electron chi connectivity index (χ1n) is 7.34. The highest BCUT2D eigenvalue weighted by Gasteiger charge is 2.19. The smallest absolute Gasteiger partial charge is 0.228 e. The predicted octanol–water partition coefficient (Wildman–Crippen LogP) is 3.18. The van der Waals surface area contributed by atoms with Crippen molar-refractivity contribution in [2.24, 2.45) is 0 Å². The van der Waals surface area contributed by atoms with Crippen LogP contribution in [0.15, 0.2) is 65.1 Å². The van der Waals surface area contributed by atoms with Gasteiger partial charge in [-0.15, -0.1) is 0 Å². The number of anilines is 1. The molecular weight excluding hydrogens is 290 g/mol. The van der Waals surface area contributed by atoms with Gasteiger partial charge in [0.05, 0.1) is 0 Å². The summed E-state index contributed by atoms with van der Waals surface area (Å²) in [7, 11) is 0. The van der Waals surface area contributed by atoms with E-state index in [0.29, 0.717) is 23.4 Å². The fourth-order valence-electron chi connectivity index (χ4n) is 2.53. The number of hydrogen-bond donors (Lipinski definition) is 2. The molecule has 0 atom stereocenters. The average molecular weight is 307 g/mol. The first kappa shape index (κ1) is 15.1.